The maximum Gasteiger partial charge on any atom is 0.233 e. The first-order chi connectivity index (χ1) is 11.5. The van der Waals surface area contributed by atoms with E-state index in [1.807, 2.05) is 17.0 Å². The molecular weight excluding hydrogens is 320 g/mol. The van der Waals surface area contributed by atoms with Crippen LogP contribution in [-0.2, 0) is 4.79 Å². The average Bonchev–Trinajstić information content (AvgIpc) is 2.60. The number of hydrogen-bond donors (Lipinski definition) is 0. The summed E-state index contributed by atoms with van der Waals surface area (Å²) in [5, 5.41) is 18.2. The second-order valence-electron chi connectivity index (χ2n) is 6.16. The second-order valence-corrected chi connectivity index (χ2v) is 7.21. The van der Waals surface area contributed by atoms with Gasteiger partial charge < -0.3 is 4.90 Å². The van der Waals surface area contributed by atoms with E-state index in [1.54, 1.807) is 12.1 Å². The van der Waals surface area contributed by atoms with Crippen molar-refractivity contribution in [1.29, 1.82) is 10.5 Å². The van der Waals surface area contributed by atoms with Crippen molar-refractivity contribution in [3.63, 3.8) is 0 Å². The molecule has 24 heavy (non-hydrogen) atoms. The predicted molar refractivity (Wildman–Crippen MR) is 94.3 cm³/mol. The molecular formula is C18H22N4OS. The molecule has 0 aromatic heterocycles. The van der Waals surface area contributed by atoms with Crippen molar-refractivity contribution < 1.29 is 4.79 Å². The lowest BCUT2D eigenvalue weighted by Crippen LogP contribution is -2.53. The van der Waals surface area contributed by atoms with Gasteiger partial charge in [-0.3, -0.25) is 9.69 Å². The van der Waals surface area contributed by atoms with Crippen LogP contribution in [0.5, 0.6) is 0 Å². The summed E-state index contributed by atoms with van der Waals surface area (Å²) < 4.78 is 0. The van der Waals surface area contributed by atoms with E-state index in [9.17, 15) is 10.1 Å². The van der Waals surface area contributed by atoms with E-state index in [0.717, 1.165) is 18.0 Å². The fourth-order valence-corrected chi connectivity index (χ4v) is 3.65. The number of rotatable bonds is 5. The zero-order valence-electron chi connectivity index (χ0n) is 14.1. The number of carbonyl (C=O) groups excluding carboxylic acids is 1. The van der Waals surface area contributed by atoms with Crippen LogP contribution in [0.3, 0.4) is 0 Å². The topological polar surface area (TPSA) is 71.1 Å². The molecule has 1 saturated heterocycles. The van der Waals surface area contributed by atoms with Gasteiger partial charge in [-0.05, 0) is 24.1 Å². The van der Waals surface area contributed by atoms with Gasteiger partial charge in [0.15, 0.2) is 0 Å². The summed E-state index contributed by atoms with van der Waals surface area (Å²) in [4.78, 5) is 17.3. The molecule has 1 heterocycles. The van der Waals surface area contributed by atoms with Gasteiger partial charge in [-0.25, -0.2) is 0 Å². The Morgan fingerprint density at radius 3 is 2.54 bits per heavy atom. The highest BCUT2D eigenvalue weighted by atomic mass is 32.2. The Balaban J connectivity index is 1.83. The Bertz CT molecular complexity index is 654. The van der Waals surface area contributed by atoms with E-state index in [0.29, 0.717) is 30.3 Å². The minimum absolute atomic E-state index is 0.0784. The van der Waals surface area contributed by atoms with E-state index in [2.05, 4.69) is 30.9 Å². The quantitative estimate of drug-likeness (QED) is 0.768. The van der Waals surface area contributed by atoms with E-state index >= 15 is 0 Å². The third-order valence-corrected chi connectivity index (χ3v) is 5.13. The maximum absolute atomic E-state index is 12.4. The summed E-state index contributed by atoms with van der Waals surface area (Å²) in [5.41, 5.74) is 0.609. The van der Waals surface area contributed by atoms with Crippen molar-refractivity contribution in [1.82, 2.24) is 9.80 Å². The number of carbonyl (C=O) groups is 1. The second kappa shape index (κ2) is 8.73. The molecule has 5 nitrogen and oxygen atoms in total. The lowest BCUT2D eigenvalue weighted by Gasteiger charge is -2.38. The van der Waals surface area contributed by atoms with Crippen molar-refractivity contribution >= 4 is 17.7 Å². The van der Waals surface area contributed by atoms with Crippen LogP contribution < -0.4 is 0 Å². The molecule has 1 aromatic rings. The molecule has 0 spiro atoms. The van der Waals surface area contributed by atoms with Crippen molar-refractivity contribution in [3.05, 3.63) is 29.8 Å². The molecule has 1 atom stereocenters. The van der Waals surface area contributed by atoms with Crippen LogP contribution in [0.15, 0.2) is 29.2 Å². The van der Waals surface area contributed by atoms with Crippen LogP contribution in [0.25, 0.3) is 0 Å². The van der Waals surface area contributed by atoms with Crippen molar-refractivity contribution in [3.8, 4) is 12.1 Å². The Kier molecular flexibility index (Phi) is 6.66. The summed E-state index contributed by atoms with van der Waals surface area (Å²) >= 11 is 1.46. The highest BCUT2D eigenvalue weighted by Gasteiger charge is 2.27. The molecule has 0 aliphatic carbocycles. The van der Waals surface area contributed by atoms with Gasteiger partial charge in [0.1, 0.15) is 6.04 Å². The van der Waals surface area contributed by atoms with Gasteiger partial charge in [0.2, 0.25) is 5.91 Å². The molecule has 2 rings (SSSR count). The minimum atomic E-state index is -0.0784. The number of nitrogens with zero attached hydrogens (tertiary/aromatic N) is 4. The third-order valence-electron chi connectivity index (χ3n) is 4.15. The first kappa shape index (κ1) is 18.3. The highest BCUT2D eigenvalue weighted by Crippen LogP contribution is 2.20. The average molecular weight is 342 g/mol. The predicted octanol–water partition coefficient (Wildman–Crippen LogP) is 2.34. The van der Waals surface area contributed by atoms with E-state index < -0.39 is 0 Å². The molecule has 0 bridgehead atoms. The normalized spacial score (nSPS) is 16.5. The first-order valence-electron chi connectivity index (χ1n) is 8.09. The number of amides is 1. The summed E-state index contributed by atoms with van der Waals surface area (Å²) in [6, 6.07) is 11.7. The number of benzene rings is 1. The molecule has 1 fully saturated rings. The Morgan fingerprint density at radius 1 is 1.25 bits per heavy atom. The summed E-state index contributed by atoms with van der Waals surface area (Å²) in [6.45, 7) is 6.94. The van der Waals surface area contributed by atoms with Gasteiger partial charge in [-0.1, -0.05) is 19.9 Å². The van der Waals surface area contributed by atoms with Crippen LogP contribution in [0, 0.1) is 28.6 Å². The standard InChI is InChI=1S/C18H22N4OS/c1-14(2)17(12-20)21-6-8-22(9-7-21)18(23)13-24-16-5-3-4-15(10-16)11-19/h3-5,10,14,17H,6-9,13H2,1-2H3/t17-/m0/s1. The van der Waals surface area contributed by atoms with Crippen LogP contribution in [-0.4, -0.2) is 53.7 Å². The largest absolute Gasteiger partial charge is 0.339 e. The molecule has 0 saturated carbocycles. The summed E-state index contributed by atoms with van der Waals surface area (Å²) in [7, 11) is 0. The van der Waals surface area contributed by atoms with Crippen molar-refractivity contribution in [2.75, 3.05) is 31.9 Å². The Morgan fingerprint density at radius 2 is 1.96 bits per heavy atom. The van der Waals surface area contributed by atoms with Crippen LogP contribution in [0.1, 0.15) is 19.4 Å². The van der Waals surface area contributed by atoms with Crippen molar-refractivity contribution in [2.45, 2.75) is 24.8 Å². The Hall–Kier alpha value is -2.02. The van der Waals surface area contributed by atoms with Gasteiger partial charge in [0, 0.05) is 31.1 Å². The fourth-order valence-electron chi connectivity index (χ4n) is 2.79. The monoisotopic (exact) mass is 342 g/mol. The van der Waals surface area contributed by atoms with Gasteiger partial charge in [0.05, 0.1) is 23.5 Å². The van der Waals surface area contributed by atoms with Crippen LogP contribution in [0.4, 0.5) is 0 Å². The first-order valence-corrected chi connectivity index (χ1v) is 9.08. The highest BCUT2D eigenvalue weighted by molar-refractivity contribution is 8.00. The van der Waals surface area contributed by atoms with Gasteiger partial charge in [-0.15, -0.1) is 11.8 Å². The molecule has 0 N–H and O–H groups in total. The molecule has 6 heteroatoms. The van der Waals surface area contributed by atoms with Gasteiger partial charge >= 0.3 is 0 Å². The number of piperazine rings is 1. The third kappa shape index (κ3) is 4.74. The van der Waals surface area contributed by atoms with E-state index in [4.69, 9.17) is 5.26 Å². The van der Waals surface area contributed by atoms with Gasteiger partial charge in [0.25, 0.3) is 0 Å². The van der Waals surface area contributed by atoms with Crippen molar-refractivity contribution in [2.24, 2.45) is 5.92 Å². The zero-order chi connectivity index (χ0) is 17.5. The number of hydrogen-bond acceptors (Lipinski definition) is 5. The van der Waals surface area contributed by atoms with Gasteiger partial charge in [-0.2, -0.15) is 10.5 Å². The maximum atomic E-state index is 12.4. The van der Waals surface area contributed by atoms with E-state index in [-0.39, 0.29) is 11.9 Å². The summed E-state index contributed by atoms with van der Waals surface area (Å²) in [6.07, 6.45) is 0. The molecule has 1 aliphatic rings. The smallest absolute Gasteiger partial charge is 0.233 e. The molecule has 126 valence electrons. The lowest BCUT2D eigenvalue weighted by atomic mass is 10.0. The molecule has 0 radical (unpaired) electrons. The molecule has 1 amide bonds. The molecule has 1 aliphatic heterocycles. The molecule has 1 aromatic carbocycles. The zero-order valence-corrected chi connectivity index (χ0v) is 14.9. The fraction of sp³-hybridized carbons (Fsp3) is 0.500. The van der Waals surface area contributed by atoms with E-state index in [1.165, 1.54) is 11.8 Å². The lowest BCUT2D eigenvalue weighted by molar-refractivity contribution is -0.130. The Labute approximate surface area is 147 Å². The summed E-state index contributed by atoms with van der Waals surface area (Å²) in [5.74, 6) is 0.779. The molecule has 0 unspecified atom stereocenters. The SMILES string of the molecule is CC(C)[C@H](C#N)N1CCN(C(=O)CSc2cccc(C#N)c2)CC1. The van der Waals surface area contributed by atoms with Crippen LogP contribution in [0.2, 0.25) is 0 Å². The minimum Gasteiger partial charge on any atom is -0.339 e. The van der Waals surface area contributed by atoms with Crippen LogP contribution >= 0.6 is 11.8 Å². The number of thioether (sulfide) groups is 1. The number of nitriles is 2.